The van der Waals surface area contributed by atoms with Crippen LogP contribution in [0.5, 0.6) is 0 Å². The maximum Gasteiger partial charge on any atom is 0.226 e. The van der Waals surface area contributed by atoms with Crippen LogP contribution in [0.15, 0.2) is 24.7 Å². The Morgan fingerprint density at radius 2 is 2.04 bits per heavy atom. The molecule has 4 rings (SSSR count). The molecule has 2 saturated heterocycles. The summed E-state index contributed by atoms with van der Waals surface area (Å²) in [5.41, 5.74) is 0.881. The van der Waals surface area contributed by atoms with Crippen LogP contribution in [0.4, 0.5) is 11.6 Å². The number of carbonyl (C=O) groups excluding carboxylic acids is 1. The van der Waals surface area contributed by atoms with E-state index >= 15 is 0 Å². The van der Waals surface area contributed by atoms with Gasteiger partial charge in [0.05, 0.1) is 17.9 Å². The van der Waals surface area contributed by atoms with Crippen LogP contribution in [0.2, 0.25) is 0 Å². The van der Waals surface area contributed by atoms with E-state index in [-0.39, 0.29) is 17.9 Å². The normalized spacial score (nSPS) is 20.6. The molecule has 0 bridgehead atoms. The standard InChI is InChI=1S/C19H24N6O2/c1-13-22-15(11-17(23-13)24-18-12-20-6-7-21-18)16-3-2-8-25(16)19(26)14-4-9-27-10-5-14/h6-7,11-12,14,16H,2-5,8-10H2,1H3,(H,21,22,23,24)/t16-/m1/s1. The monoisotopic (exact) mass is 368 g/mol. The molecule has 0 aliphatic carbocycles. The molecule has 2 fully saturated rings. The summed E-state index contributed by atoms with van der Waals surface area (Å²) >= 11 is 0. The van der Waals surface area contributed by atoms with Crippen molar-refractivity contribution in [2.45, 2.75) is 38.6 Å². The second kappa shape index (κ2) is 7.96. The van der Waals surface area contributed by atoms with Gasteiger partial charge in [0.2, 0.25) is 5.91 Å². The lowest BCUT2D eigenvalue weighted by Gasteiger charge is -2.30. The number of nitrogens with zero attached hydrogens (tertiary/aromatic N) is 5. The molecule has 1 atom stereocenters. The van der Waals surface area contributed by atoms with Crippen LogP contribution < -0.4 is 5.32 Å². The summed E-state index contributed by atoms with van der Waals surface area (Å²) in [6, 6.07) is 1.92. The average Bonchev–Trinajstić information content (AvgIpc) is 3.18. The van der Waals surface area contributed by atoms with Crippen LogP contribution in [0, 0.1) is 12.8 Å². The molecule has 0 saturated carbocycles. The fraction of sp³-hybridized carbons (Fsp3) is 0.526. The van der Waals surface area contributed by atoms with Gasteiger partial charge in [0.15, 0.2) is 0 Å². The zero-order chi connectivity index (χ0) is 18.6. The molecule has 0 spiro atoms. The second-order valence-corrected chi connectivity index (χ2v) is 7.02. The largest absolute Gasteiger partial charge is 0.381 e. The summed E-state index contributed by atoms with van der Waals surface area (Å²) in [5, 5.41) is 3.17. The summed E-state index contributed by atoms with van der Waals surface area (Å²) in [5.74, 6) is 2.27. The van der Waals surface area contributed by atoms with Crippen LogP contribution in [-0.2, 0) is 9.53 Å². The van der Waals surface area contributed by atoms with Crippen LogP contribution >= 0.6 is 0 Å². The minimum Gasteiger partial charge on any atom is -0.381 e. The first-order chi connectivity index (χ1) is 13.2. The third-order valence-electron chi connectivity index (χ3n) is 5.12. The molecule has 2 aliphatic heterocycles. The highest BCUT2D eigenvalue weighted by Gasteiger charge is 2.35. The lowest BCUT2D eigenvalue weighted by atomic mass is 9.98. The summed E-state index contributed by atoms with van der Waals surface area (Å²) < 4.78 is 5.40. The van der Waals surface area contributed by atoms with Crippen molar-refractivity contribution in [3.8, 4) is 0 Å². The number of amides is 1. The highest BCUT2D eigenvalue weighted by Crippen LogP contribution is 2.34. The number of nitrogens with one attached hydrogen (secondary N) is 1. The Balaban J connectivity index is 1.55. The fourth-order valence-electron chi connectivity index (χ4n) is 3.84. The Morgan fingerprint density at radius 1 is 1.19 bits per heavy atom. The minimum absolute atomic E-state index is 0.00412. The highest BCUT2D eigenvalue weighted by atomic mass is 16.5. The van der Waals surface area contributed by atoms with Crippen molar-refractivity contribution in [1.29, 1.82) is 0 Å². The number of anilines is 2. The molecule has 27 heavy (non-hydrogen) atoms. The van der Waals surface area contributed by atoms with Crippen molar-refractivity contribution in [2.75, 3.05) is 25.1 Å². The molecule has 8 heteroatoms. The average molecular weight is 368 g/mol. The molecule has 2 aromatic heterocycles. The van der Waals surface area contributed by atoms with E-state index in [0.29, 0.717) is 30.7 Å². The van der Waals surface area contributed by atoms with Crippen LogP contribution in [0.3, 0.4) is 0 Å². The first kappa shape index (κ1) is 17.8. The fourth-order valence-corrected chi connectivity index (χ4v) is 3.84. The van der Waals surface area contributed by atoms with Crippen molar-refractivity contribution < 1.29 is 9.53 Å². The molecule has 8 nitrogen and oxygen atoms in total. The van der Waals surface area contributed by atoms with Crippen molar-refractivity contribution in [1.82, 2.24) is 24.8 Å². The van der Waals surface area contributed by atoms with Crippen LogP contribution in [0.25, 0.3) is 0 Å². The Labute approximate surface area is 158 Å². The van der Waals surface area contributed by atoms with E-state index in [0.717, 1.165) is 37.9 Å². The molecular formula is C19H24N6O2. The summed E-state index contributed by atoms with van der Waals surface area (Å²) in [6.45, 7) is 4.00. The lowest BCUT2D eigenvalue weighted by molar-refractivity contribution is -0.139. The minimum atomic E-state index is 0.00412. The topological polar surface area (TPSA) is 93.1 Å². The Morgan fingerprint density at radius 3 is 2.81 bits per heavy atom. The second-order valence-electron chi connectivity index (χ2n) is 7.02. The van der Waals surface area contributed by atoms with E-state index in [9.17, 15) is 4.79 Å². The number of aromatic nitrogens is 4. The summed E-state index contributed by atoms with van der Waals surface area (Å²) in [6.07, 6.45) is 8.44. The molecule has 0 aromatic carbocycles. The van der Waals surface area contributed by atoms with E-state index in [1.807, 2.05) is 17.9 Å². The highest BCUT2D eigenvalue weighted by molar-refractivity contribution is 5.79. The van der Waals surface area contributed by atoms with Gasteiger partial charge in [-0.05, 0) is 32.6 Å². The first-order valence-corrected chi connectivity index (χ1v) is 9.47. The van der Waals surface area contributed by atoms with Crippen molar-refractivity contribution >= 4 is 17.5 Å². The first-order valence-electron chi connectivity index (χ1n) is 9.47. The number of likely N-dealkylation sites (tertiary alicyclic amines) is 1. The molecule has 0 unspecified atom stereocenters. The lowest BCUT2D eigenvalue weighted by Crippen LogP contribution is -2.38. The molecule has 2 aliphatic rings. The smallest absolute Gasteiger partial charge is 0.226 e. The summed E-state index contributed by atoms with van der Waals surface area (Å²) in [4.78, 5) is 32.4. The number of carbonyl (C=O) groups is 1. The van der Waals surface area contributed by atoms with Crippen molar-refractivity contribution in [3.05, 3.63) is 36.2 Å². The van der Waals surface area contributed by atoms with Crippen LogP contribution in [-0.4, -0.2) is 50.5 Å². The maximum atomic E-state index is 13.0. The Hall–Kier alpha value is -2.61. The van der Waals surface area contributed by atoms with E-state index < -0.39 is 0 Å². The van der Waals surface area contributed by atoms with Crippen molar-refractivity contribution in [3.63, 3.8) is 0 Å². The molecular weight excluding hydrogens is 344 g/mol. The quantitative estimate of drug-likeness (QED) is 0.886. The van der Waals surface area contributed by atoms with Gasteiger partial charge >= 0.3 is 0 Å². The Kier molecular flexibility index (Phi) is 5.24. The number of hydrogen-bond acceptors (Lipinski definition) is 7. The number of ether oxygens (including phenoxy) is 1. The van der Waals surface area contributed by atoms with Gasteiger partial charge in [-0.25, -0.2) is 15.0 Å². The van der Waals surface area contributed by atoms with Gasteiger partial charge < -0.3 is 15.0 Å². The van der Waals surface area contributed by atoms with E-state index in [2.05, 4.69) is 25.3 Å². The van der Waals surface area contributed by atoms with Gasteiger partial charge in [-0.15, -0.1) is 0 Å². The number of aryl methyl sites for hydroxylation is 1. The van der Waals surface area contributed by atoms with Gasteiger partial charge in [-0.3, -0.25) is 9.78 Å². The number of rotatable bonds is 4. The predicted molar refractivity (Wildman–Crippen MR) is 99.3 cm³/mol. The van der Waals surface area contributed by atoms with Gasteiger partial charge in [0, 0.05) is 44.1 Å². The predicted octanol–water partition coefficient (Wildman–Crippen LogP) is 2.41. The molecule has 1 amide bonds. The third kappa shape index (κ3) is 4.05. The SMILES string of the molecule is Cc1nc(Nc2cnccn2)cc([C@H]2CCCN2C(=O)C2CCOCC2)n1. The molecule has 2 aromatic rings. The maximum absolute atomic E-state index is 13.0. The third-order valence-corrected chi connectivity index (χ3v) is 5.12. The van der Waals surface area contributed by atoms with Gasteiger partial charge in [0.25, 0.3) is 0 Å². The van der Waals surface area contributed by atoms with Gasteiger partial charge in [-0.2, -0.15) is 0 Å². The zero-order valence-electron chi connectivity index (χ0n) is 15.5. The zero-order valence-corrected chi connectivity index (χ0v) is 15.5. The molecule has 142 valence electrons. The Bertz CT molecular complexity index is 794. The molecule has 4 heterocycles. The van der Waals surface area contributed by atoms with Crippen molar-refractivity contribution in [2.24, 2.45) is 5.92 Å². The van der Waals surface area contributed by atoms with Gasteiger partial charge in [-0.1, -0.05) is 0 Å². The van der Waals surface area contributed by atoms with Crippen LogP contribution in [0.1, 0.15) is 43.2 Å². The summed E-state index contributed by atoms with van der Waals surface area (Å²) in [7, 11) is 0. The van der Waals surface area contributed by atoms with Gasteiger partial charge in [0.1, 0.15) is 17.5 Å². The van der Waals surface area contributed by atoms with E-state index in [1.54, 1.807) is 18.6 Å². The number of hydrogen-bond donors (Lipinski definition) is 1. The van der Waals surface area contributed by atoms with E-state index in [1.165, 1.54) is 0 Å². The molecule has 0 radical (unpaired) electrons. The van der Waals surface area contributed by atoms with E-state index in [4.69, 9.17) is 4.74 Å². The molecule has 1 N–H and O–H groups in total.